The van der Waals surface area contributed by atoms with E-state index in [-0.39, 0.29) is 26.9 Å². The molecule has 0 radical (unpaired) electrons. The fraction of sp³-hybridized carbons (Fsp3) is 0.350. The molecule has 1 aliphatic rings. The van der Waals surface area contributed by atoms with Gasteiger partial charge in [0.15, 0.2) is 0 Å². The number of anilines is 1. The number of ether oxygens (including phenoxy) is 1. The maximum atomic E-state index is 13.2. The summed E-state index contributed by atoms with van der Waals surface area (Å²) >= 11 is 5.95. The Morgan fingerprint density at radius 3 is 2.41 bits per heavy atom. The molecule has 3 rings (SSSR count). The molecule has 1 fully saturated rings. The van der Waals surface area contributed by atoms with Crippen LogP contribution < -0.4 is 10.1 Å². The van der Waals surface area contributed by atoms with Gasteiger partial charge >= 0.3 is 0 Å². The van der Waals surface area contributed by atoms with Crippen molar-refractivity contribution >= 4 is 33.2 Å². The molecule has 29 heavy (non-hydrogen) atoms. The van der Waals surface area contributed by atoms with Crippen molar-refractivity contribution in [3.63, 3.8) is 0 Å². The van der Waals surface area contributed by atoms with Crippen LogP contribution in [0, 0.1) is 5.82 Å². The summed E-state index contributed by atoms with van der Waals surface area (Å²) in [6.45, 7) is 0.875. The molecule has 0 spiro atoms. The minimum Gasteiger partial charge on any atom is -0.495 e. The summed E-state index contributed by atoms with van der Waals surface area (Å²) < 4.78 is 46.3. The van der Waals surface area contributed by atoms with Crippen molar-refractivity contribution in [3.8, 4) is 5.75 Å². The Hall–Kier alpha value is -2.16. The van der Waals surface area contributed by atoms with E-state index in [1.165, 1.54) is 41.7 Å². The number of carbonyl (C=O) groups is 1. The number of nitrogens with one attached hydrogen (secondary N) is 1. The zero-order valence-electron chi connectivity index (χ0n) is 16.0. The van der Waals surface area contributed by atoms with E-state index >= 15 is 0 Å². The monoisotopic (exact) mass is 440 g/mol. The lowest BCUT2D eigenvalue weighted by molar-refractivity contribution is 0.102. The highest BCUT2D eigenvalue weighted by Gasteiger charge is 2.29. The Morgan fingerprint density at radius 2 is 1.79 bits per heavy atom. The molecule has 0 saturated carbocycles. The van der Waals surface area contributed by atoms with Gasteiger partial charge in [-0.15, -0.1) is 0 Å². The first-order chi connectivity index (χ1) is 13.8. The van der Waals surface area contributed by atoms with E-state index in [4.69, 9.17) is 16.3 Å². The van der Waals surface area contributed by atoms with Crippen molar-refractivity contribution in [2.45, 2.75) is 30.6 Å². The van der Waals surface area contributed by atoms with E-state index in [1.807, 2.05) is 0 Å². The minimum absolute atomic E-state index is 0.0456. The topological polar surface area (TPSA) is 75.7 Å². The summed E-state index contributed by atoms with van der Waals surface area (Å²) in [6.07, 6.45) is 3.57. The number of carbonyl (C=O) groups excluding carboxylic acids is 1. The predicted octanol–water partition coefficient (Wildman–Crippen LogP) is 4.30. The number of hydrogen-bond donors (Lipinski definition) is 1. The molecule has 1 N–H and O–H groups in total. The van der Waals surface area contributed by atoms with Gasteiger partial charge in [0.1, 0.15) is 16.5 Å². The van der Waals surface area contributed by atoms with Crippen LogP contribution in [0.2, 0.25) is 5.02 Å². The smallest absolute Gasteiger partial charge is 0.255 e. The van der Waals surface area contributed by atoms with Crippen molar-refractivity contribution in [1.29, 1.82) is 0 Å². The second-order valence-corrected chi connectivity index (χ2v) is 9.08. The first kappa shape index (κ1) is 21.5. The van der Waals surface area contributed by atoms with Crippen LogP contribution in [0.3, 0.4) is 0 Å². The molecule has 156 valence electrons. The number of methoxy groups -OCH3 is 1. The van der Waals surface area contributed by atoms with E-state index < -0.39 is 21.7 Å². The molecule has 0 unspecified atom stereocenters. The molecule has 1 aliphatic heterocycles. The molecule has 0 atom stereocenters. The average molecular weight is 441 g/mol. The second-order valence-electron chi connectivity index (χ2n) is 6.76. The van der Waals surface area contributed by atoms with Gasteiger partial charge in [0.05, 0.1) is 17.8 Å². The predicted molar refractivity (Wildman–Crippen MR) is 110 cm³/mol. The van der Waals surface area contributed by atoms with E-state index in [9.17, 15) is 17.6 Å². The molecule has 2 aromatic rings. The molecule has 1 heterocycles. The maximum Gasteiger partial charge on any atom is 0.255 e. The fourth-order valence-electron chi connectivity index (χ4n) is 3.23. The summed E-state index contributed by atoms with van der Waals surface area (Å²) in [5, 5.41) is 2.62. The maximum absolute atomic E-state index is 13.2. The van der Waals surface area contributed by atoms with Crippen LogP contribution in [0.4, 0.5) is 10.1 Å². The number of hydrogen-bond acceptors (Lipinski definition) is 4. The summed E-state index contributed by atoms with van der Waals surface area (Å²) in [7, 11) is -2.43. The number of benzene rings is 2. The highest BCUT2D eigenvalue weighted by atomic mass is 35.5. The first-order valence-corrected chi connectivity index (χ1v) is 11.1. The summed E-state index contributed by atoms with van der Waals surface area (Å²) in [5.41, 5.74) is 0.352. The second kappa shape index (κ2) is 9.11. The Morgan fingerprint density at radius 1 is 1.10 bits per heavy atom. The molecular formula is C20H22ClFN2O4S. The molecule has 1 saturated heterocycles. The highest BCUT2D eigenvalue weighted by molar-refractivity contribution is 7.89. The fourth-order valence-corrected chi connectivity index (χ4v) is 5.14. The SMILES string of the molecule is COc1ccc(C(=O)Nc2ccc(F)cc2Cl)cc1S(=O)(=O)N1CCCCCC1. The summed E-state index contributed by atoms with van der Waals surface area (Å²) in [6, 6.07) is 7.81. The van der Waals surface area contributed by atoms with Gasteiger partial charge in [-0.25, -0.2) is 12.8 Å². The third kappa shape index (κ3) is 4.88. The van der Waals surface area contributed by atoms with Crippen LogP contribution in [-0.2, 0) is 10.0 Å². The molecule has 0 aromatic heterocycles. The number of nitrogens with zero attached hydrogens (tertiary/aromatic N) is 1. The van der Waals surface area contributed by atoms with Crippen molar-refractivity contribution in [3.05, 3.63) is 52.8 Å². The van der Waals surface area contributed by atoms with E-state index in [2.05, 4.69) is 5.32 Å². The van der Waals surface area contributed by atoms with Gasteiger partial charge in [0, 0.05) is 18.7 Å². The van der Waals surface area contributed by atoms with Gasteiger partial charge in [0.2, 0.25) is 10.0 Å². The quantitative estimate of drug-likeness (QED) is 0.751. The highest BCUT2D eigenvalue weighted by Crippen LogP contribution is 2.30. The van der Waals surface area contributed by atoms with Gasteiger partial charge in [-0.1, -0.05) is 24.4 Å². The van der Waals surface area contributed by atoms with Crippen molar-refractivity contribution in [2.24, 2.45) is 0 Å². The molecule has 9 heteroatoms. The standard InChI is InChI=1S/C20H22ClFN2O4S/c1-28-18-9-6-14(20(25)23-17-8-7-15(22)13-16(17)21)12-19(18)29(26,27)24-10-4-2-3-5-11-24/h6-9,12-13H,2-5,10-11H2,1H3,(H,23,25). The van der Waals surface area contributed by atoms with Crippen LogP contribution in [0.1, 0.15) is 36.0 Å². The van der Waals surface area contributed by atoms with Crippen LogP contribution >= 0.6 is 11.6 Å². The van der Waals surface area contributed by atoms with Crippen molar-refractivity contribution < 1.29 is 22.3 Å². The van der Waals surface area contributed by atoms with Crippen LogP contribution in [0.15, 0.2) is 41.3 Å². The van der Waals surface area contributed by atoms with Crippen LogP contribution in [-0.4, -0.2) is 38.8 Å². The molecule has 0 bridgehead atoms. The third-order valence-corrected chi connectivity index (χ3v) is 7.02. The van der Waals surface area contributed by atoms with E-state index in [1.54, 1.807) is 0 Å². The lowest BCUT2D eigenvalue weighted by Crippen LogP contribution is -2.32. The normalized spacial score (nSPS) is 15.6. The Labute approximate surface area is 174 Å². The molecule has 0 aliphatic carbocycles. The molecule has 6 nitrogen and oxygen atoms in total. The number of sulfonamides is 1. The zero-order valence-corrected chi connectivity index (χ0v) is 17.5. The average Bonchev–Trinajstić information content (AvgIpc) is 2.99. The largest absolute Gasteiger partial charge is 0.495 e. The number of amides is 1. The minimum atomic E-state index is -3.82. The van der Waals surface area contributed by atoms with E-state index in [0.29, 0.717) is 13.1 Å². The van der Waals surface area contributed by atoms with Gasteiger partial charge in [0.25, 0.3) is 5.91 Å². The third-order valence-electron chi connectivity index (χ3n) is 4.79. The summed E-state index contributed by atoms with van der Waals surface area (Å²) in [4.78, 5) is 12.6. The first-order valence-electron chi connectivity index (χ1n) is 9.27. The summed E-state index contributed by atoms with van der Waals surface area (Å²) in [5.74, 6) is -0.914. The Balaban J connectivity index is 1.92. The van der Waals surface area contributed by atoms with Crippen LogP contribution in [0.25, 0.3) is 0 Å². The van der Waals surface area contributed by atoms with Crippen molar-refractivity contribution in [2.75, 3.05) is 25.5 Å². The molecule has 2 aromatic carbocycles. The molecule has 1 amide bonds. The van der Waals surface area contributed by atoms with Gasteiger partial charge < -0.3 is 10.1 Å². The lowest BCUT2D eigenvalue weighted by atomic mass is 10.2. The lowest BCUT2D eigenvalue weighted by Gasteiger charge is -2.21. The van der Waals surface area contributed by atoms with Gasteiger partial charge in [-0.2, -0.15) is 4.31 Å². The van der Waals surface area contributed by atoms with Gasteiger partial charge in [-0.3, -0.25) is 4.79 Å². The van der Waals surface area contributed by atoms with Crippen molar-refractivity contribution in [1.82, 2.24) is 4.31 Å². The molecular weight excluding hydrogens is 419 g/mol. The zero-order chi connectivity index (χ0) is 21.0. The number of halogens is 2. The van der Waals surface area contributed by atoms with Gasteiger partial charge in [-0.05, 0) is 49.2 Å². The number of rotatable bonds is 5. The Kier molecular flexibility index (Phi) is 6.77. The van der Waals surface area contributed by atoms with E-state index in [0.717, 1.165) is 31.7 Å². The van der Waals surface area contributed by atoms with Crippen LogP contribution in [0.5, 0.6) is 5.75 Å². The Bertz CT molecular complexity index is 1010.